The van der Waals surface area contributed by atoms with Gasteiger partial charge in [0.1, 0.15) is 0 Å². The van der Waals surface area contributed by atoms with Crippen molar-refractivity contribution in [3.05, 3.63) is 41.9 Å². The molecule has 102 valence electrons. The van der Waals surface area contributed by atoms with Gasteiger partial charge in [-0.05, 0) is 23.9 Å². The third kappa shape index (κ3) is 3.44. The lowest BCUT2D eigenvalue weighted by molar-refractivity contribution is 0.499. The largest absolute Gasteiger partial charge is 0.441 e. The first-order valence-corrected chi connectivity index (χ1v) is 6.76. The number of aryl methyl sites for hydroxylation is 1. The highest BCUT2D eigenvalue weighted by atomic mass is 16.4. The van der Waals surface area contributed by atoms with E-state index in [1.807, 2.05) is 0 Å². The summed E-state index contributed by atoms with van der Waals surface area (Å²) in [5.74, 6) is 1.59. The number of hydrogen-bond donors (Lipinski definition) is 1. The van der Waals surface area contributed by atoms with E-state index in [-0.39, 0.29) is 5.41 Å². The second kappa shape index (κ2) is 5.57. The molecule has 1 aromatic heterocycles. The summed E-state index contributed by atoms with van der Waals surface area (Å²) < 4.78 is 5.73. The van der Waals surface area contributed by atoms with Crippen molar-refractivity contribution in [2.45, 2.75) is 39.0 Å². The summed E-state index contributed by atoms with van der Waals surface area (Å²) in [5, 5.41) is 0. The van der Waals surface area contributed by atoms with E-state index >= 15 is 0 Å². The molecule has 0 spiro atoms. The summed E-state index contributed by atoms with van der Waals surface area (Å²) in [5.41, 5.74) is 8.04. The summed E-state index contributed by atoms with van der Waals surface area (Å²) >= 11 is 0. The fraction of sp³-hybridized carbons (Fsp3) is 0.438. The number of nitrogens with zero attached hydrogens (tertiary/aromatic N) is 1. The maximum atomic E-state index is 5.73. The fourth-order valence-corrected chi connectivity index (χ4v) is 1.95. The number of nitrogens with two attached hydrogens (primary N) is 1. The minimum atomic E-state index is 0.173. The monoisotopic (exact) mass is 258 g/mol. The van der Waals surface area contributed by atoms with Crippen LogP contribution in [-0.2, 0) is 11.8 Å². The molecule has 1 heterocycles. The molecule has 0 radical (unpaired) electrons. The van der Waals surface area contributed by atoms with Crippen molar-refractivity contribution in [2.24, 2.45) is 5.73 Å². The zero-order valence-electron chi connectivity index (χ0n) is 11.9. The molecular weight excluding hydrogens is 236 g/mol. The van der Waals surface area contributed by atoms with E-state index in [0.717, 1.165) is 30.1 Å². The van der Waals surface area contributed by atoms with Crippen molar-refractivity contribution in [1.29, 1.82) is 0 Å². The lowest BCUT2D eigenvalue weighted by atomic mass is 9.86. The third-order valence-electron chi connectivity index (χ3n) is 3.18. The van der Waals surface area contributed by atoms with Gasteiger partial charge in [-0.3, -0.25) is 0 Å². The molecule has 1 aromatic carbocycles. The molecule has 3 nitrogen and oxygen atoms in total. The Morgan fingerprint density at radius 2 is 1.84 bits per heavy atom. The predicted molar refractivity (Wildman–Crippen MR) is 78.0 cm³/mol. The van der Waals surface area contributed by atoms with Gasteiger partial charge in [-0.25, -0.2) is 4.98 Å². The molecule has 2 rings (SSSR count). The highest BCUT2D eigenvalue weighted by molar-refractivity contribution is 5.57. The van der Waals surface area contributed by atoms with Crippen LogP contribution in [-0.4, -0.2) is 11.5 Å². The molecule has 2 aromatic rings. The number of benzene rings is 1. The summed E-state index contributed by atoms with van der Waals surface area (Å²) in [4.78, 5) is 4.28. The van der Waals surface area contributed by atoms with Crippen LogP contribution in [0.3, 0.4) is 0 Å². The standard InChI is InChI=1S/C16H22N2O/c1-16(2,3)13-8-6-12(7-9-13)14-11-18-15(19-14)5-4-10-17/h6-9,11H,4-5,10,17H2,1-3H3. The van der Waals surface area contributed by atoms with E-state index in [1.165, 1.54) is 5.56 Å². The van der Waals surface area contributed by atoms with Crippen LogP contribution in [0.25, 0.3) is 11.3 Å². The van der Waals surface area contributed by atoms with Crippen molar-refractivity contribution in [1.82, 2.24) is 4.98 Å². The van der Waals surface area contributed by atoms with E-state index in [4.69, 9.17) is 10.2 Å². The molecule has 0 saturated carbocycles. The van der Waals surface area contributed by atoms with Gasteiger partial charge in [0.25, 0.3) is 0 Å². The first-order chi connectivity index (χ1) is 9.00. The van der Waals surface area contributed by atoms with Gasteiger partial charge >= 0.3 is 0 Å². The van der Waals surface area contributed by atoms with Crippen molar-refractivity contribution >= 4 is 0 Å². The predicted octanol–water partition coefficient (Wildman–Crippen LogP) is 3.53. The molecule has 19 heavy (non-hydrogen) atoms. The third-order valence-corrected chi connectivity index (χ3v) is 3.18. The second-order valence-electron chi connectivity index (χ2n) is 5.84. The van der Waals surface area contributed by atoms with Gasteiger partial charge < -0.3 is 10.2 Å². The van der Waals surface area contributed by atoms with Crippen LogP contribution in [0, 0.1) is 0 Å². The van der Waals surface area contributed by atoms with Crippen LogP contribution in [0.1, 0.15) is 38.6 Å². The molecule has 0 aliphatic rings. The van der Waals surface area contributed by atoms with Gasteiger partial charge in [0.2, 0.25) is 0 Å². The molecule has 0 saturated heterocycles. The Hall–Kier alpha value is -1.61. The average Bonchev–Trinajstić information content (AvgIpc) is 2.84. The molecule has 0 atom stereocenters. The molecule has 0 unspecified atom stereocenters. The minimum absolute atomic E-state index is 0.173. The zero-order valence-corrected chi connectivity index (χ0v) is 11.9. The van der Waals surface area contributed by atoms with Crippen LogP contribution in [0.4, 0.5) is 0 Å². The van der Waals surface area contributed by atoms with Crippen molar-refractivity contribution in [3.8, 4) is 11.3 Å². The topological polar surface area (TPSA) is 52.0 Å². The normalized spacial score (nSPS) is 11.8. The number of aromatic nitrogens is 1. The Morgan fingerprint density at radius 1 is 1.16 bits per heavy atom. The summed E-state index contributed by atoms with van der Waals surface area (Å²) in [6, 6.07) is 8.48. The smallest absolute Gasteiger partial charge is 0.194 e. The van der Waals surface area contributed by atoms with E-state index in [9.17, 15) is 0 Å². The van der Waals surface area contributed by atoms with E-state index in [0.29, 0.717) is 6.54 Å². The zero-order chi connectivity index (χ0) is 13.9. The van der Waals surface area contributed by atoms with Gasteiger partial charge in [0.15, 0.2) is 11.7 Å². The Morgan fingerprint density at radius 3 is 2.42 bits per heavy atom. The molecule has 3 heteroatoms. The van der Waals surface area contributed by atoms with Crippen LogP contribution in [0.5, 0.6) is 0 Å². The quantitative estimate of drug-likeness (QED) is 0.912. The average molecular weight is 258 g/mol. The van der Waals surface area contributed by atoms with Gasteiger partial charge in [0.05, 0.1) is 6.20 Å². The Balaban J connectivity index is 2.16. The molecule has 0 aliphatic heterocycles. The maximum Gasteiger partial charge on any atom is 0.194 e. The van der Waals surface area contributed by atoms with Crippen molar-refractivity contribution in [3.63, 3.8) is 0 Å². The van der Waals surface area contributed by atoms with Crippen molar-refractivity contribution in [2.75, 3.05) is 6.54 Å². The Labute approximate surface area is 114 Å². The molecule has 0 amide bonds. The lowest BCUT2D eigenvalue weighted by Crippen LogP contribution is -2.10. The molecule has 0 fully saturated rings. The summed E-state index contributed by atoms with van der Waals surface area (Å²) in [7, 11) is 0. The highest BCUT2D eigenvalue weighted by Gasteiger charge is 2.14. The van der Waals surface area contributed by atoms with E-state index in [2.05, 4.69) is 50.0 Å². The molecule has 0 bridgehead atoms. The first kappa shape index (κ1) is 13.8. The van der Waals surface area contributed by atoms with Crippen LogP contribution >= 0.6 is 0 Å². The van der Waals surface area contributed by atoms with E-state index < -0.39 is 0 Å². The number of hydrogen-bond acceptors (Lipinski definition) is 3. The van der Waals surface area contributed by atoms with Crippen LogP contribution in [0.15, 0.2) is 34.9 Å². The van der Waals surface area contributed by atoms with Crippen molar-refractivity contribution < 1.29 is 4.42 Å². The van der Waals surface area contributed by atoms with Gasteiger partial charge in [-0.2, -0.15) is 0 Å². The van der Waals surface area contributed by atoms with Gasteiger partial charge in [-0.15, -0.1) is 0 Å². The molecule has 0 aliphatic carbocycles. The number of rotatable bonds is 4. The highest BCUT2D eigenvalue weighted by Crippen LogP contribution is 2.26. The molecule has 2 N–H and O–H groups in total. The fourth-order valence-electron chi connectivity index (χ4n) is 1.95. The lowest BCUT2D eigenvalue weighted by Gasteiger charge is -2.18. The summed E-state index contributed by atoms with van der Waals surface area (Å²) in [6.45, 7) is 7.29. The Kier molecular flexibility index (Phi) is 4.05. The van der Waals surface area contributed by atoms with Crippen LogP contribution in [0.2, 0.25) is 0 Å². The summed E-state index contributed by atoms with van der Waals surface area (Å²) in [6.07, 6.45) is 3.50. The van der Waals surface area contributed by atoms with Gasteiger partial charge in [0, 0.05) is 12.0 Å². The van der Waals surface area contributed by atoms with Crippen LogP contribution < -0.4 is 5.73 Å². The second-order valence-corrected chi connectivity index (χ2v) is 5.84. The molecular formula is C16H22N2O. The first-order valence-electron chi connectivity index (χ1n) is 6.76. The van der Waals surface area contributed by atoms with E-state index in [1.54, 1.807) is 6.20 Å². The maximum absolute atomic E-state index is 5.73. The van der Waals surface area contributed by atoms with Gasteiger partial charge in [-0.1, -0.05) is 45.0 Å². The SMILES string of the molecule is CC(C)(C)c1ccc(-c2cnc(CCCN)o2)cc1. The Bertz CT molecular complexity index is 520. The number of oxazole rings is 1. The minimum Gasteiger partial charge on any atom is -0.441 e.